The van der Waals surface area contributed by atoms with Gasteiger partial charge in [-0.3, -0.25) is 4.79 Å². The van der Waals surface area contributed by atoms with Gasteiger partial charge in [0.25, 0.3) is 0 Å². The second-order valence-corrected chi connectivity index (χ2v) is 4.89. The van der Waals surface area contributed by atoms with E-state index >= 15 is 0 Å². The number of benzene rings is 1. The summed E-state index contributed by atoms with van der Waals surface area (Å²) >= 11 is 0. The van der Waals surface area contributed by atoms with Gasteiger partial charge in [0, 0.05) is 18.9 Å². The van der Waals surface area contributed by atoms with Crippen molar-refractivity contribution in [2.45, 2.75) is 39.5 Å². The van der Waals surface area contributed by atoms with E-state index in [1.165, 1.54) is 0 Å². The highest BCUT2D eigenvalue weighted by molar-refractivity contribution is 5.76. The van der Waals surface area contributed by atoms with Crippen molar-refractivity contribution in [2.75, 3.05) is 6.54 Å². The number of hydrogen-bond acceptors (Lipinski definition) is 2. The topological polar surface area (TPSA) is 29.5 Å². The zero-order chi connectivity index (χ0) is 13.0. The van der Waals surface area contributed by atoms with Gasteiger partial charge in [0.2, 0.25) is 5.91 Å². The second-order valence-electron chi connectivity index (χ2n) is 4.89. The number of rotatable bonds is 4. The Bertz CT molecular complexity index is 391. The van der Waals surface area contributed by atoms with Crippen molar-refractivity contribution in [2.24, 2.45) is 5.92 Å². The molecule has 1 aliphatic heterocycles. The molecule has 0 N–H and O–H groups in total. The van der Waals surface area contributed by atoms with Gasteiger partial charge in [0.15, 0.2) is 0 Å². The van der Waals surface area contributed by atoms with Crippen LogP contribution >= 0.6 is 0 Å². The van der Waals surface area contributed by atoms with Gasteiger partial charge in [0.05, 0.1) is 6.61 Å². The van der Waals surface area contributed by atoms with E-state index in [2.05, 4.69) is 6.92 Å². The van der Waals surface area contributed by atoms with Crippen LogP contribution in [0.2, 0.25) is 0 Å². The van der Waals surface area contributed by atoms with Crippen molar-refractivity contribution in [1.82, 2.24) is 4.90 Å². The second kappa shape index (κ2) is 6.01. The van der Waals surface area contributed by atoms with Crippen LogP contribution in [-0.4, -0.2) is 23.6 Å². The molecule has 2 unspecified atom stereocenters. The van der Waals surface area contributed by atoms with Crippen molar-refractivity contribution in [3.05, 3.63) is 35.9 Å². The lowest BCUT2D eigenvalue weighted by atomic mass is 10.1. The monoisotopic (exact) mass is 247 g/mol. The molecule has 0 radical (unpaired) electrons. The molecule has 1 amide bonds. The quantitative estimate of drug-likeness (QED) is 0.818. The standard InChI is InChI=1S/C15H21NO2/c1-3-14(17)16-10-9-12(2)15(16)18-11-13-7-5-4-6-8-13/h4-8,12,15H,3,9-11H2,1-2H3. The molecule has 18 heavy (non-hydrogen) atoms. The average Bonchev–Trinajstić information content (AvgIpc) is 2.78. The molecule has 0 bridgehead atoms. The van der Waals surface area contributed by atoms with Crippen LogP contribution in [0.15, 0.2) is 30.3 Å². The predicted octanol–water partition coefficient (Wildman–Crippen LogP) is 2.81. The van der Waals surface area contributed by atoms with E-state index in [1.807, 2.05) is 42.2 Å². The summed E-state index contributed by atoms with van der Waals surface area (Å²) < 4.78 is 5.94. The molecule has 3 nitrogen and oxygen atoms in total. The maximum absolute atomic E-state index is 11.8. The Balaban J connectivity index is 1.96. The maximum atomic E-state index is 11.8. The molecule has 1 fully saturated rings. The SMILES string of the molecule is CCC(=O)N1CCC(C)C1OCc1ccccc1. The van der Waals surface area contributed by atoms with Crippen molar-refractivity contribution < 1.29 is 9.53 Å². The summed E-state index contributed by atoms with van der Waals surface area (Å²) in [4.78, 5) is 13.7. The van der Waals surface area contributed by atoms with Crippen molar-refractivity contribution >= 4 is 5.91 Å². The van der Waals surface area contributed by atoms with Gasteiger partial charge in [-0.05, 0) is 12.0 Å². The lowest BCUT2D eigenvalue weighted by Crippen LogP contribution is -2.38. The first-order valence-corrected chi connectivity index (χ1v) is 6.67. The van der Waals surface area contributed by atoms with E-state index in [-0.39, 0.29) is 12.1 Å². The van der Waals surface area contributed by atoms with E-state index in [9.17, 15) is 4.79 Å². The number of carbonyl (C=O) groups is 1. The molecule has 0 aromatic heterocycles. The van der Waals surface area contributed by atoms with Gasteiger partial charge < -0.3 is 9.64 Å². The van der Waals surface area contributed by atoms with Gasteiger partial charge in [0.1, 0.15) is 6.23 Å². The highest BCUT2D eigenvalue weighted by Gasteiger charge is 2.34. The molecule has 2 atom stereocenters. The minimum atomic E-state index is -0.0577. The average molecular weight is 247 g/mol. The summed E-state index contributed by atoms with van der Waals surface area (Å²) in [6.07, 6.45) is 1.53. The molecule has 1 heterocycles. The van der Waals surface area contributed by atoms with Crippen molar-refractivity contribution in [1.29, 1.82) is 0 Å². The summed E-state index contributed by atoms with van der Waals surface area (Å²) in [6.45, 7) is 5.45. The van der Waals surface area contributed by atoms with Crippen LogP contribution in [0.3, 0.4) is 0 Å². The summed E-state index contributed by atoms with van der Waals surface area (Å²) in [5, 5.41) is 0. The van der Waals surface area contributed by atoms with Crippen molar-refractivity contribution in [3.8, 4) is 0 Å². The van der Waals surface area contributed by atoms with Crippen LogP contribution in [0.5, 0.6) is 0 Å². The molecule has 2 rings (SSSR count). The molecule has 0 spiro atoms. The van der Waals surface area contributed by atoms with Crippen LogP contribution in [0.4, 0.5) is 0 Å². The molecule has 3 heteroatoms. The maximum Gasteiger partial charge on any atom is 0.224 e. The fourth-order valence-corrected chi connectivity index (χ4v) is 2.40. The Morgan fingerprint density at radius 1 is 1.39 bits per heavy atom. The van der Waals surface area contributed by atoms with Crippen LogP contribution in [0.25, 0.3) is 0 Å². The van der Waals surface area contributed by atoms with E-state index in [1.54, 1.807) is 0 Å². The molecule has 1 aromatic rings. The Morgan fingerprint density at radius 3 is 2.78 bits per heavy atom. The lowest BCUT2D eigenvalue weighted by Gasteiger charge is -2.26. The third kappa shape index (κ3) is 2.91. The normalized spacial score (nSPS) is 23.3. The highest BCUT2D eigenvalue weighted by Crippen LogP contribution is 2.26. The molecule has 1 aromatic carbocycles. The first-order valence-electron chi connectivity index (χ1n) is 6.67. The fourth-order valence-electron chi connectivity index (χ4n) is 2.40. The van der Waals surface area contributed by atoms with E-state index in [0.29, 0.717) is 18.9 Å². The Kier molecular flexibility index (Phi) is 4.37. The molecular formula is C15H21NO2. The van der Waals surface area contributed by atoms with Gasteiger partial charge >= 0.3 is 0 Å². The molecule has 0 aliphatic carbocycles. The first-order chi connectivity index (χ1) is 8.72. The number of ether oxygens (including phenoxy) is 1. The third-order valence-electron chi connectivity index (χ3n) is 3.51. The van der Waals surface area contributed by atoms with Gasteiger partial charge in [-0.1, -0.05) is 44.2 Å². The Morgan fingerprint density at radius 2 is 2.11 bits per heavy atom. The summed E-state index contributed by atoms with van der Waals surface area (Å²) in [5.41, 5.74) is 1.15. The van der Waals surface area contributed by atoms with Gasteiger partial charge in [-0.25, -0.2) is 0 Å². The summed E-state index contributed by atoms with van der Waals surface area (Å²) in [6, 6.07) is 10.1. The Labute approximate surface area is 109 Å². The van der Waals surface area contributed by atoms with Gasteiger partial charge in [-0.15, -0.1) is 0 Å². The van der Waals surface area contributed by atoms with Crippen LogP contribution in [0.1, 0.15) is 32.3 Å². The summed E-state index contributed by atoms with van der Waals surface area (Å²) in [7, 11) is 0. The minimum Gasteiger partial charge on any atom is -0.353 e. The first kappa shape index (κ1) is 13.1. The molecule has 98 valence electrons. The smallest absolute Gasteiger partial charge is 0.224 e. The fraction of sp³-hybridized carbons (Fsp3) is 0.533. The zero-order valence-corrected chi connectivity index (χ0v) is 11.1. The van der Waals surface area contributed by atoms with E-state index in [0.717, 1.165) is 18.5 Å². The Hall–Kier alpha value is -1.35. The zero-order valence-electron chi connectivity index (χ0n) is 11.1. The number of likely N-dealkylation sites (tertiary alicyclic amines) is 1. The van der Waals surface area contributed by atoms with E-state index in [4.69, 9.17) is 4.74 Å². The highest BCUT2D eigenvalue weighted by atomic mass is 16.5. The van der Waals surface area contributed by atoms with E-state index < -0.39 is 0 Å². The van der Waals surface area contributed by atoms with Crippen LogP contribution in [0, 0.1) is 5.92 Å². The predicted molar refractivity (Wildman–Crippen MR) is 70.8 cm³/mol. The number of nitrogens with zero attached hydrogens (tertiary/aromatic N) is 1. The summed E-state index contributed by atoms with van der Waals surface area (Å²) in [5.74, 6) is 0.613. The van der Waals surface area contributed by atoms with Crippen LogP contribution in [-0.2, 0) is 16.1 Å². The minimum absolute atomic E-state index is 0.0577. The number of hydrogen-bond donors (Lipinski definition) is 0. The lowest BCUT2D eigenvalue weighted by molar-refractivity contribution is -0.145. The molecular weight excluding hydrogens is 226 g/mol. The number of carbonyl (C=O) groups excluding carboxylic acids is 1. The van der Waals surface area contributed by atoms with Crippen LogP contribution < -0.4 is 0 Å². The largest absolute Gasteiger partial charge is 0.353 e. The van der Waals surface area contributed by atoms with Gasteiger partial charge in [-0.2, -0.15) is 0 Å². The molecule has 1 saturated heterocycles. The molecule has 1 aliphatic rings. The van der Waals surface area contributed by atoms with Crippen molar-refractivity contribution in [3.63, 3.8) is 0 Å². The third-order valence-corrected chi connectivity index (χ3v) is 3.51. The number of amides is 1. The molecule has 0 saturated carbocycles.